The maximum atomic E-state index is 11.7. The molecular weight excluding hydrogens is 401 g/mol. The van der Waals surface area contributed by atoms with E-state index in [2.05, 4.69) is 15.5 Å². The molecule has 0 saturated carbocycles. The molecule has 9 heteroatoms. The third-order valence-corrected chi connectivity index (χ3v) is 5.00. The number of carbonyl (C=O) groups is 1. The molecule has 3 rings (SSSR count). The van der Waals surface area contributed by atoms with Crippen molar-refractivity contribution in [2.45, 2.75) is 19.9 Å². The van der Waals surface area contributed by atoms with Gasteiger partial charge >= 0.3 is 0 Å². The first-order valence-corrected chi connectivity index (χ1v) is 9.19. The van der Waals surface area contributed by atoms with Gasteiger partial charge in [0.15, 0.2) is 5.82 Å². The van der Waals surface area contributed by atoms with E-state index in [0.29, 0.717) is 33.6 Å². The molecule has 146 valence electrons. The number of carbonyl (C=O) groups excluding carboxylic acids is 1. The number of nitrogens with zero attached hydrogens (tertiary/aromatic N) is 5. The Morgan fingerprint density at radius 1 is 1.21 bits per heavy atom. The second kappa shape index (κ2) is 8.16. The zero-order valence-electron chi connectivity index (χ0n) is 15.8. The first-order valence-electron chi connectivity index (χ1n) is 8.44. The number of amides is 1. The lowest BCUT2D eigenvalue weighted by atomic mass is 10.0. The van der Waals surface area contributed by atoms with E-state index < -0.39 is 6.04 Å². The van der Waals surface area contributed by atoms with Crippen molar-refractivity contribution in [2.24, 2.45) is 0 Å². The molecule has 3 aromatic rings. The van der Waals surface area contributed by atoms with E-state index in [1.807, 2.05) is 32.0 Å². The van der Waals surface area contributed by atoms with Gasteiger partial charge in [0, 0.05) is 17.6 Å². The summed E-state index contributed by atoms with van der Waals surface area (Å²) in [5.41, 5.74) is 3.42. The van der Waals surface area contributed by atoms with E-state index in [4.69, 9.17) is 27.9 Å². The summed E-state index contributed by atoms with van der Waals surface area (Å²) in [6, 6.07) is 8.52. The molecule has 0 aliphatic rings. The van der Waals surface area contributed by atoms with Crippen LogP contribution in [0.25, 0.3) is 5.69 Å². The molecule has 0 aliphatic carbocycles. The molecule has 1 amide bonds. The summed E-state index contributed by atoms with van der Waals surface area (Å²) >= 11 is 12.6. The summed E-state index contributed by atoms with van der Waals surface area (Å²) in [5, 5.41) is 13.0. The second-order valence-corrected chi connectivity index (χ2v) is 7.22. The molecule has 0 spiro atoms. The third kappa shape index (κ3) is 3.55. The van der Waals surface area contributed by atoms with Crippen LogP contribution in [-0.4, -0.2) is 45.7 Å². The van der Waals surface area contributed by atoms with Crippen LogP contribution in [0.4, 0.5) is 0 Å². The van der Waals surface area contributed by atoms with Gasteiger partial charge in [-0.1, -0.05) is 41.4 Å². The molecule has 1 aromatic heterocycles. The first-order chi connectivity index (χ1) is 13.4. The Kier molecular flexibility index (Phi) is 5.86. The summed E-state index contributed by atoms with van der Waals surface area (Å²) in [7, 11) is 3.14. The van der Waals surface area contributed by atoms with E-state index in [1.165, 1.54) is 12.0 Å². The van der Waals surface area contributed by atoms with Gasteiger partial charge in [0.05, 0.1) is 17.8 Å². The van der Waals surface area contributed by atoms with Crippen LogP contribution in [0, 0.1) is 13.8 Å². The fraction of sp³-hybridized carbons (Fsp3) is 0.263. The van der Waals surface area contributed by atoms with E-state index >= 15 is 0 Å². The topological polar surface area (TPSA) is 73.1 Å². The predicted octanol–water partition coefficient (Wildman–Crippen LogP) is 3.77. The Labute approximate surface area is 172 Å². The van der Waals surface area contributed by atoms with E-state index in [-0.39, 0.29) is 0 Å². The molecule has 28 heavy (non-hydrogen) atoms. The van der Waals surface area contributed by atoms with Gasteiger partial charge in [0.2, 0.25) is 6.41 Å². The smallest absolute Gasteiger partial charge is 0.210 e. The fourth-order valence-corrected chi connectivity index (χ4v) is 3.85. The van der Waals surface area contributed by atoms with Gasteiger partial charge in [-0.2, -0.15) is 4.68 Å². The lowest BCUT2D eigenvalue weighted by Gasteiger charge is -2.26. The van der Waals surface area contributed by atoms with Crippen LogP contribution in [0.15, 0.2) is 30.3 Å². The summed E-state index contributed by atoms with van der Waals surface area (Å²) in [4.78, 5) is 13.2. The van der Waals surface area contributed by atoms with Crippen molar-refractivity contribution in [1.82, 2.24) is 25.1 Å². The summed E-state index contributed by atoms with van der Waals surface area (Å²) in [6.07, 6.45) is 0.697. The maximum absolute atomic E-state index is 11.7. The van der Waals surface area contributed by atoms with Gasteiger partial charge in [-0.25, -0.2) is 0 Å². The van der Waals surface area contributed by atoms with Crippen molar-refractivity contribution in [2.75, 3.05) is 14.2 Å². The zero-order chi connectivity index (χ0) is 20.4. The molecule has 0 saturated heterocycles. The van der Waals surface area contributed by atoms with Crippen LogP contribution >= 0.6 is 23.2 Å². The first kappa shape index (κ1) is 20.1. The maximum Gasteiger partial charge on any atom is 0.210 e. The van der Waals surface area contributed by atoms with E-state index in [0.717, 1.165) is 16.8 Å². The number of aryl methyl sites for hydroxylation is 2. The van der Waals surface area contributed by atoms with Crippen LogP contribution in [-0.2, 0) is 4.79 Å². The highest BCUT2D eigenvalue weighted by atomic mass is 35.5. The molecule has 0 radical (unpaired) electrons. The number of hydrogen-bond acceptors (Lipinski definition) is 5. The van der Waals surface area contributed by atoms with Crippen molar-refractivity contribution in [1.29, 1.82) is 0 Å². The number of rotatable bonds is 6. The highest BCUT2D eigenvalue weighted by molar-refractivity contribution is 6.35. The van der Waals surface area contributed by atoms with E-state index in [1.54, 1.807) is 23.9 Å². The Balaban J connectivity index is 2.28. The SMILES string of the molecule is COc1c(Cl)cc(Cl)cc1[C@H](c1nnnn1-c1c(C)cccc1C)N(C)C=O. The normalized spacial score (nSPS) is 11.9. The van der Waals surface area contributed by atoms with Gasteiger partial charge in [0.25, 0.3) is 0 Å². The van der Waals surface area contributed by atoms with Crippen LogP contribution in [0.3, 0.4) is 0 Å². The minimum Gasteiger partial charge on any atom is -0.495 e. The number of tetrazole rings is 1. The number of benzene rings is 2. The van der Waals surface area contributed by atoms with E-state index in [9.17, 15) is 4.79 Å². The van der Waals surface area contributed by atoms with Crippen molar-refractivity contribution in [3.05, 3.63) is 62.9 Å². The number of halogens is 2. The zero-order valence-corrected chi connectivity index (χ0v) is 17.4. The van der Waals surface area contributed by atoms with Gasteiger partial charge in [-0.05, 0) is 47.5 Å². The number of ether oxygens (including phenoxy) is 1. The van der Waals surface area contributed by atoms with Crippen LogP contribution in [0.1, 0.15) is 28.6 Å². The quantitative estimate of drug-likeness (QED) is 0.568. The lowest BCUT2D eigenvalue weighted by molar-refractivity contribution is -0.118. The Bertz CT molecular complexity index is 1000. The van der Waals surface area contributed by atoms with Crippen molar-refractivity contribution in [3.63, 3.8) is 0 Å². The Morgan fingerprint density at radius 2 is 1.89 bits per heavy atom. The summed E-state index contributed by atoms with van der Waals surface area (Å²) in [5.74, 6) is 0.837. The highest BCUT2D eigenvalue weighted by Gasteiger charge is 2.30. The standard InChI is InChI=1S/C19H19Cl2N5O2/c1-11-6-5-7-12(2)16(11)26-19(22-23-24-26)17(25(3)10-27)14-8-13(20)9-15(21)18(14)28-4/h5-10,17H,1-4H3/t17-/m1/s1. The van der Waals surface area contributed by atoms with Gasteiger partial charge in [-0.15, -0.1) is 5.10 Å². The average molecular weight is 420 g/mol. The molecule has 0 aliphatic heterocycles. The van der Waals surface area contributed by atoms with Crippen molar-refractivity contribution in [3.8, 4) is 11.4 Å². The molecule has 0 unspecified atom stereocenters. The van der Waals surface area contributed by atoms with Crippen molar-refractivity contribution >= 4 is 29.6 Å². The van der Waals surface area contributed by atoms with Crippen molar-refractivity contribution < 1.29 is 9.53 Å². The second-order valence-electron chi connectivity index (χ2n) is 6.37. The van der Waals surface area contributed by atoms with Crippen LogP contribution < -0.4 is 4.74 Å². The summed E-state index contributed by atoms with van der Waals surface area (Å²) < 4.78 is 7.12. The molecule has 2 aromatic carbocycles. The minimum atomic E-state index is -0.669. The average Bonchev–Trinajstić information content (AvgIpc) is 3.10. The number of aromatic nitrogens is 4. The predicted molar refractivity (Wildman–Crippen MR) is 107 cm³/mol. The van der Waals surface area contributed by atoms with Crippen LogP contribution in [0.2, 0.25) is 10.0 Å². The fourth-order valence-electron chi connectivity index (χ4n) is 3.26. The molecule has 0 N–H and O–H groups in total. The third-order valence-electron chi connectivity index (χ3n) is 4.50. The molecular formula is C19H19Cl2N5O2. The molecule has 1 atom stereocenters. The number of methoxy groups -OCH3 is 1. The Morgan fingerprint density at radius 3 is 2.50 bits per heavy atom. The monoisotopic (exact) mass is 419 g/mol. The summed E-state index contributed by atoms with van der Waals surface area (Å²) in [6.45, 7) is 3.95. The van der Waals surface area contributed by atoms with Gasteiger partial charge in [-0.3, -0.25) is 4.79 Å². The molecule has 0 bridgehead atoms. The number of hydrogen-bond donors (Lipinski definition) is 0. The Hall–Kier alpha value is -2.64. The van der Waals surface area contributed by atoms with Gasteiger partial charge < -0.3 is 9.64 Å². The molecule has 1 heterocycles. The minimum absolute atomic E-state index is 0.334. The van der Waals surface area contributed by atoms with Gasteiger partial charge in [0.1, 0.15) is 11.8 Å². The lowest BCUT2D eigenvalue weighted by Crippen LogP contribution is -2.28. The van der Waals surface area contributed by atoms with Crippen LogP contribution in [0.5, 0.6) is 5.75 Å². The molecule has 0 fully saturated rings. The largest absolute Gasteiger partial charge is 0.495 e. The number of para-hydroxylation sites is 1. The molecule has 7 nitrogen and oxygen atoms in total. The highest BCUT2D eigenvalue weighted by Crippen LogP contribution is 2.40.